The number of rotatable bonds is 22. The molecule has 0 unspecified atom stereocenters. The fraction of sp³-hybridized carbons (Fsp3) is 0.409. The number of anilines is 1. The molecule has 0 spiro atoms. The number of allylic oxidation sites excluding steroid dienone is 8. The fourth-order valence-electron chi connectivity index (χ4n) is 8.23. The van der Waals surface area contributed by atoms with Crippen LogP contribution in [0.15, 0.2) is 106 Å². The van der Waals surface area contributed by atoms with Crippen LogP contribution in [0.4, 0.5) is 11.4 Å². The number of fused-ring (bicyclic) bond motifs is 2. The zero-order valence-electron chi connectivity index (χ0n) is 40.2. The van der Waals surface area contributed by atoms with Crippen molar-refractivity contribution in [2.45, 2.75) is 86.8 Å². The maximum atomic E-state index is 13.1. The first kappa shape index (κ1) is 64.0. The monoisotopic (exact) mass is 1070 g/mol. The van der Waals surface area contributed by atoms with E-state index in [-0.39, 0.29) is 132 Å². The van der Waals surface area contributed by atoms with Gasteiger partial charge in [0.1, 0.15) is 30.4 Å². The largest absolute Gasteiger partial charge is 1.00 e. The van der Waals surface area contributed by atoms with Crippen LogP contribution in [0.2, 0.25) is 0 Å². The molecule has 26 heteroatoms. The van der Waals surface area contributed by atoms with Crippen molar-refractivity contribution in [2.75, 3.05) is 42.6 Å². The van der Waals surface area contributed by atoms with Crippen LogP contribution in [0.5, 0.6) is 0 Å². The molecule has 70 heavy (non-hydrogen) atoms. The van der Waals surface area contributed by atoms with Gasteiger partial charge in [0.25, 0.3) is 11.8 Å². The summed E-state index contributed by atoms with van der Waals surface area (Å²) < 4.78 is 144. The van der Waals surface area contributed by atoms with Crippen LogP contribution in [0.1, 0.15) is 77.3 Å². The maximum Gasteiger partial charge on any atom is 1.00 e. The van der Waals surface area contributed by atoms with E-state index < -0.39 is 72.6 Å². The van der Waals surface area contributed by atoms with Gasteiger partial charge in [0, 0.05) is 72.7 Å². The minimum absolute atomic E-state index is 0. The minimum Gasteiger partial charge on any atom is -0.748 e. The minimum atomic E-state index is -4.86. The topological polar surface area (TPSA) is 302 Å². The quantitative estimate of drug-likeness (QED) is 0.0287. The Bertz CT molecular complexity index is 2970. The molecule has 19 nitrogen and oxygen atoms in total. The number of amides is 3. The average Bonchev–Trinajstić information content (AvgIpc) is 3.73. The molecule has 364 valence electrons. The summed E-state index contributed by atoms with van der Waals surface area (Å²) in [6.45, 7) is 6.99. The number of hydrogen-bond acceptors (Lipinski definition) is 16. The Morgan fingerprint density at radius 2 is 1.26 bits per heavy atom. The molecule has 2 aromatic carbocycles. The van der Waals surface area contributed by atoms with Crippen molar-refractivity contribution in [1.82, 2.24) is 10.2 Å². The number of nitrogens with zero attached hydrogens (tertiary/aromatic N) is 3. The van der Waals surface area contributed by atoms with Gasteiger partial charge < -0.3 is 28.4 Å². The van der Waals surface area contributed by atoms with E-state index in [0.29, 0.717) is 65.4 Å². The van der Waals surface area contributed by atoms with E-state index in [9.17, 15) is 66.3 Å². The van der Waals surface area contributed by atoms with E-state index in [1.165, 1.54) is 41.3 Å². The SMILES string of the molecule is CC1(C)C(=CC=CC(=CC=CC2=[N+](CCS(=O)(=O)[O-])c3ccc(S(=O)(=O)[O-])cc3C2(C)C)CCC(=O)NCCCCCCN2C(=O)C=CC2=O)N(CCS(=O)(=O)[O-])c2ccc(S(=O)(=O)[O-])cc21.[Na+].[Na+].[Na+]. The van der Waals surface area contributed by atoms with Crippen molar-refractivity contribution < 1.29 is 160 Å². The molecule has 3 aliphatic rings. The summed E-state index contributed by atoms with van der Waals surface area (Å²) in [5.74, 6) is -2.55. The van der Waals surface area contributed by atoms with Crippen molar-refractivity contribution in [3.63, 3.8) is 0 Å². The van der Waals surface area contributed by atoms with E-state index in [1.807, 2.05) is 0 Å². The molecule has 3 heterocycles. The first-order valence-corrected chi connectivity index (χ1v) is 27.0. The second-order valence-electron chi connectivity index (χ2n) is 17.2. The Hall–Kier alpha value is -2.14. The molecule has 0 bridgehead atoms. The van der Waals surface area contributed by atoms with Crippen LogP contribution in [-0.4, -0.2) is 122 Å². The van der Waals surface area contributed by atoms with Gasteiger partial charge in [0.2, 0.25) is 11.6 Å². The van der Waals surface area contributed by atoms with Gasteiger partial charge in [-0.25, -0.2) is 33.7 Å². The van der Waals surface area contributed by atoms with Crippen LogP contribution in [-0.2, 0) is 65.7 Å². The summed E-state index contributed by atoms with van der Waals surface area (Å²) >= 11 is 0. The second-order valence-corrected chi connectivity index (χ2v) is 23.0. The first-order valence-electron chi connectivity index (χ1n) is 21.1. The maximum absolute atomic E-state index is 13.1. The molecule has 0 fully saturated rings. The van der Waals surface area contributed by atoms with Gasteiger partial charge in [-0.1, -0.05) is 51.0 Å². The van der Waals surface area contributed by atoms with Gasteiger partial charge in [0.05, 0.1) is 36.8 Å². The molecular weight excluding hydrogens is 1020 g/mol. The summed E-state index contributed by atoms with van der Waals surface area (Å²) in [6.07, 6.45) is 15.1. The van der Waals surface area contributed by atoms with Gasteiger partial charge in [-0.3, -0.25) is 19.3 Å². The van der Waals surface area contributed by atoms with Crippen LogP contribution < -0.4 is 98.9 Å². The van der Waals surface area contributed by atoms with Gasteiger partial charge in [-0.2, -0.15) is 4.58 Å². The third kappa shape index (κ3) is 16.9. The zero-order valence-corrected chi connectivity index (χ0v) is 49.4. The molecule has 2 aromatic rings. The molecule has 0 aliphatic carbocycles. The van der Waals surface area contributed by atoms with Crippen LogP contribution in [0.3, 0.4) is 0 Å². The van der Waals surface area contributed by atoms with Crippen LogP contribution in [0.25, 0.3) is 0 Å². The fourth-order valence-corrected chi connectivity index (χ4v) is 10.0. The normalized spacial score (nSPS) is 17.3. The van der Waals surface area contributed by atoms with Crippen LogP contribution >= 0.6 is 0 Å². The molecule has 0 radical (unpaired) electrons. The smallest absolute Gasteiger partial charge is 0.748 e. The molecule has 1 N–H and O–H groups in total. The van der Waals surface area contributed by atoms with Crippen molar-refractivity contribution >= 4 is 75.3 Å². The summed E-state index contributed by atoms with van der Waals surface area (Å²) in [7, 11) is -19.1. The summed E-state index contributed by atoms with van der Waals surface area (Å²) in [5, 5.41) is 2.88. The number of carbonyl (C=O) groups is 3. The Morgan fingerprint density at radius 1 is 0.686 bits per heavy atom. The molecule has 0 atom stereocenters. The zero-order chi connectivity index (χ0) is 49.8. The molecule has 3 aliphatic heterocycles. The average molecular weight is 1070 g/mol. The van der Waals surface area contributed by atoms with Gasteiger partial charge >= 0.3 is 88.7 Å². The number of imide groups is 1. The predicted octanol–water partition coefficient (Wildman–Crippen LogP) is -5.92. The Kier molecular flexibility index (Phi) is 23.7. The molecule has 0 saturated heterocycles. The molecule has 0 aromatic heterocycles. The predicted molar refractivity (Wildman–Crippen MR) is 242 cm³/mol. The van der Waals surface area contributed by atoms with Gasteiger partial charge in [-0.05, 0) is 80.7 Å². The van der Waals surface area contributed by atoms with Crippen molar-refractivity contribution in [2.24, 2.45) is 0 Å². The van der Waals surface area contributed by atoms with E-state index in [2.05, 4.69) is 5.32 Å². The van der Waals surface area contributed by atoms with E-state index in [1.54, 1.807) is 73.6 Å². The first-order chi connectivity index (χ1) is 31.0. The standard InChI is InChI=1S/C44H54N4O15S4.3Na/c1-43(2)34-29-32(66(58,59)60)16-18-36(34)46(25-27-64(52,53)54)38(43)13-9-11-31(15-20-40(49)45-23-7-5-6-8-24-48-41(50)21-22-42(48)51)12-10-14-39-44(3,4)35-30-33(67(61,62)63)17-19-37(35)47(39)26-28-65(55,56)57;;;/h9-14,16-19,21-22,29-30H,5-8,15,20,23-28H2,1-4H3,(H4-,45,49,52,53,54,55,56,57,58,59,60,61,62,63);;;/q;3*+1/p-3. The van der Waals surface area contributed by atoms with Crippen LogP contribution in [0, 0.1) is 0 Å². The third-order valence-electron chi connectivity index (χ3n) is 11.7. The molecular formula is C44H51N4Na3O15S4. The number of unbranched alkanes of at least 4 members (excludes halogenated alkanes) is 3. The van der Waals surface area contributed by atoms with E-state index >= 15 is 0 Å². The molecule has 5 rings (SSSR count). The Labute approximate surface area is 476 Å². The second kappa shape index (κ2) is 25.9. The number of carbonyl (C=O) groups excluding carboxylic acids is 3. The van der Waals surface area contributed by atoms with E-state index in [4.69, 9.17) is 0 Å². The summed E-state index contributed by atoms with van der Waals surface area (Å²) in [6, 6.07) is 7.35. The third-order valence-corrected chi connectivity index (χ3v) is 14.8. The molecule has 0 saturated carbocycles. The Balaban J connectivity index is 0.00000560. The number of benzene rings is 2. The summed E-state index contributed by atoms with van der Waals surface area (Å²) in [5.41, 5.74) is 1.00. The van der Waals surface area contributed by atoms with Crippen molar-refractivity contribution in [3.8, 4) is 0 Å². The van der Waals surface area contributed by atoms with E-state index in [0.717, 1.165) is 25.0 Å². The number of nitrogens with one attached hydrogen (secondary N) is 1. The van der Waals surface area contributed by atoms with Crippen molar-refractivity contribution in [1.29, 1.82) is 0 Å². The summed E-state index contributed by atoms with van der Waals surface area (Å²) in [4.78, 5) is 38.3. The Morgan fingerprint density at radius 3 is 1.84 bits per heavy atom. The number of hydrogen-bond donors (Lipinski definition) is 1. The van der Waals surface area contributed by atoms with Gasteiger partial charge in [-0.15, -0.1) is 0 Å². The van der Waals surface area contributed by atoms with Crippen molar-refractivity contribution in [3.05, 3.63) is 107 Å². The van der Waals surface area contributed by atoms with Gasteiger partial charge in [0.15, 0.2) is 12.3 Å². The molecule has 3 amide bonds.